The molecule has 0 bridgehead atoms. The summed E-state index contributed by atoms with van der Waals surface area (Å²) in [7, 11) is 0. The molecule has 1 aromatic heterocycles. The number of hydrogen-bond acceptors (Lipinski definition) is 3. The highest BCUT2D eigenvalue weighted by molar-refractivity contribution is 5.36. The van der Waals surface area contributed by atoms with Gasteiger partial charge in [-0.25, -0.2) is 0 Å². The summed E-state index contributed by atoms with van der Waals surface area (Å²) in [6, 6.07) is 5.78. The molecule has 0 aliphatic rings. The molecule has 3 heteroatoms. The van der Waals surface area contributed by atoms with Gasteiger partial charge in [0, 0.05) is 12.6 Å². The van der Waals surface area contributed by atoms with Crippen molar-refractivity contribution in [3.8, 4) is 5.88 Å². The zero-order chi connectivity index (χ0) is 11.3. The summed E-state index contributed by atoms with van der Waals surface area (Å²) in [6.45, 7) is 9.15. The Morgan fingerprint density at radius 2 is 2.07 bits per heavy atom. The van der Waals surface area contributed by atoms with E-state index in [1.54, 1.807) is 0 Å². The standard InChI is InChI=1S/C12H20N2O/c1-5-12(3,4)15-11-9-7-8-10(14-11)13-6-2/h7-9H,5-6H2,1-4H3,(H,13,14). The van der Waals surface area contributed by atoms with Crippen molar-refractivity contribution in [3.05, 3.63) is 18.2 Å². The zero-order valence-corrected chi connectivity index (χ0v) is 10.0. The van der Waals surface area contributed by atoms with E-state index in [0.717, 1.165) is 18.8 Å². The van der Waals surface area contributed by atoms with Gasteiger partial charge >= 0.3 is 0 Å². The molecule has 3 nitrogen and oxygen atoms in total. The van der Waals surface area contributed by atoms with Gasteiger partial charge in [0.1, 0.15) is 11.4 Å². The van der Waals surface area contributed by atoms with Crippen LogP contribution in [0.2, 0.25) is 0 Å². The van der Waals surface area contributed by atoms with E-state index >= 15 is 0 Å². The van der Waals surface area contributed by atoms with Crippen molar-refractivity contribution in [3.63, 3.8) is 0 Å². The summed E-state index contributed by atoms with van der Waals surface area (Å²) in [4.78, 5) is 4.36. The van der Waals surface area contributed by atoms with Crippen molar-refractivity contribution < 1.29 is 4.74 Å². The summed E-state index contributed by atoms with van der Waals surface area (Å²) in [5, 5.41) is 3.16. The van der Waals surface area contributed by atoms with Gasteiger partial charge in [0.15, 0.2) is 0 Å². The second-order valence-electron chi connectivity index (χ2n) is 4.11. The van der Waals surface area contributed by atoms with Crippen LogP contribution in [0.5, 0.6) is 5.88 Å². The number of nitrogens with zero attached hydrogens (tertiary/aromatic N) is 1. The summed E-state index contributed by atoms with van der Waals surface area (Å²) in [5.74, 6) is 1.54. The molecule has 0 aromatic carbocycles. The molecule has 0 amide bonds. The molecule has 1 heterocycles. The average Bonchev–Trinajstić information content (AvgIpc) is 2.18. The summed E-state index contributed by atoms with van der Waals surface area (Å²) < 4.78 is 5.79. The third kappa shape index (κ3) is 3.78. The zero-order valence-electron chi connectivity index (χ0n) is 10.0. The van der Waals surface area contributed by atoms with Gasteiger partial charge in [0.25, 0.3) is 0 Å². The smallest absolute Gasteiger partial charge is 0.215 e. The van der Waals surface area contributed by atoms with E-state index < -0.39 is 0 Å². The highest BCUT2D eigenvalue weighted by atomic mass is 16.5. The maximum Gasteiger partial charge on any atom is 0.215 e. The van der Waals surface area contributed by atoms with Crippen LogP contribution in [0.15, 0.2) is 18.2 Å². The van der Waals surface area contributed by atoms with E-state index in [9.17, 15) is 0 Å². The summed E-state index contributed by atoms with van der Waals surface area (Å²) >= 11 is 0. The van der Waals surface area contributed by atoms with Crippen LogP contribution >= 0.6 is 0 Å². The van der Waals surface area contributed by atoms with Gasteiger partial charge in [0.05, 0.1) is 0 Å². The van der Waals surface area contributed by atoms with Gasteiger partial charge in [-0.1, -0.05) is 13.0 Å². The fourth-order valence-corrected chi connectivity index (χ4v) is 1.11. The van der Waals surface area contributed by atoms with Crippen LogP contribution in [0.4, 0.5) is 5.82 Å². The van der Waals surface area contributed by atoms with E-state index in [1.807, 2.05) is 25.1 Å². The normalized spacial score (nSPS) is 11.2. The molecule has 0 aliphatic heterocycles. The Labute approximate surface area is 91.9 Å². The number of aromatic nitrogens is 1. The first-order valence-corrected chi connectivity index (χ1v) is 5.47. The molecule has 0 fully saturated rings. The Bertz CT molecular complexity index is 310. The van der Waals surface area contributed by atoms with Gasteiger partial charge < -0.3 is 10.1 Å². The Hall–Kier alpha value is -1.25. The average molecular weight is 208 g/mol. The first kappa shape index (κ1) is 11.8. The van der Waals surface area contributed by atoms with Gasteiger partial charge in [0.2, 0.25) is 5.88 Å². The van der Waals surface area contributed by atoms with Gasteiger partial charge in [-0.2, -0.15) is 4.98 Å². The molecule has 0 spiro atoms. The quantitative estimate of drug-likeness (QED) is 0.807. The topological polar surface area (TPSA) is 34.1 Å². The lowest BCUT2D eigenvalue weighted by Crippen LogP contribution is -2.27. The monoisotopic (exact) mass is 208 g/mol. The van der Waals surface area contributed by atoms with Crippen molar-refractivity contribution in [1.82, 2.24) is 4.98 Å². The summed E-state index contributed by atoms with van der Waals surface area (Å²) in [6.07, 6.45) is 0.958. The number of hydrogen-bond donors (Lipinski definition) is 1. The molecule has 1 aromatic rings. The van der Waals surface area contributed by atoms with E-state index in [0.29, 0.717) is 5.88 Å². The molecule has 0 aliphatic carbocycles. The van der Waals surface area contributed by atoms with E-state index in [1.165, 1.54) is 0 Å². The largest absolute Gasteiger partial charge is 0.472 e. The molecule has 1 N–H and O–H groups in total. The first-order chi connectivity index (χ1) is 7.07. The van der Waals surface area contributed by atoms with Crippen LogP contribution in [0, 0.1) is 0 Å². The van der Waals surface area contributed by atoms with Crippen LogP contribution in [-0.2, 0) is 0 Å². The van der Waals surface area contributed by atoms with E-state index in [2.05, 4.69) is 31.1 Å². The minimum atomic E-state index is -0.155. The van der Waals surface area contributed by atoms with Crippen LogP contribution in [0.25, 0.3) is 0 Å². The lowest BCUT2D eigenvalue weighted by molar-refractivity contribution is 0.0992. The number of rotatable bonds is 5. The molecule has 0 saturated carbocycles. The van der Waals surface area contributed by atoms with Crippen LogP contribution in [0.1, 0.15) is 34.1 Å². The van der Waals surface area contributed by atoms with Crippen molar-refractivity contribution in [1.29, 1.82) is 0 Å². The van der Waals surface area contributed by atoms with Crippen molar-refractivity contribution >= 4 is 5.82 Å². The van der Waals surface area contributed by atoms with Crippen LogP contribution < -0.4 is 10.1 Å². The second-order valence-corrected chi connectivity index (χ2v) is 4.11. The second kappa shape index (κ2) is 5.01. The molecule has 1 rings (SSSR count). The Morgan fingerprint density at radius 1 is 1.33 bits per heavy atom. The SMILES string of the molecule is CCNc1cccc(OC(C)(C)CC)n1. The molecule has 0 radical (unpaired) electrons. The van der Waals surface area contributed by atoms with Crippen LogP contribution in [-0.4, -0.2) is 17.1 Å². The molecule has 0 atom stereocenters. The van der Waals surface area contributed by atoms with Crippen molar-refractivity contribution in [2.75, 3.05) is 11.9 Å². The molecule has 0 saturated heterocycles. The van der Waals surface area contributed by atoms with Crippen molar-refractivity contribution in [2.24, 2.45) is 0 Å². The molecule has 0 unspecified atom stereocenters. The lowest BCUT2D eigenvalue weighted by atomic mass is 10.1. The maximum absolute atomic E-state index is 5.79. The first-order valence-electron chi connectivity index (χ1n) is 5.47. The maximum atomic E-state index is 5.79. The molecule has 15 heavy (non-hydrogen) atoms. The van der Waals surface area contributed by atoms with Gasteiger partial charge in [-0.15, -0.1) is 0 Å². The molecular weight excluding hydrogens is 188 g/mol. The highest BCUT2D eigenvalue weighted by Gasteiger charge is 2.17. The van der Waals surface area contributed by atoms with E-state index in [4.69, 9.17) is 4.74 Å². The Morgan fingerprint density at radius 3 is 2.67 bits per heavy atom. The molecular formula is C12H20N2O. The van der Waals surface area contributed by atoms with Gasteiger partial charge in [-0.3, -0.25) is 0 Å². The van der Waals surface area contributed by atoms with Crippen LogP contribution in [0.3, 0.4) is 0 Å². The number of pyridine rings is 1. The van der Waals surface area contributed by atoms with E-state index in [-0.39, 0.29) is 5.60 Å². The minimum Gasteiger partial charge on any atom is -0.472 e. The summed E-state index contributed by atoms with van der Waals surface area (Å²) in [5.41, 5.74) is -0.155. The third-order valence-electron chi connectivity index (χ3n) is 2.31. The predicted octanol–water partition coefficient (Wildman–Crippen LogP) is 3.08. The highest BCUT2D eigenvalue weighted by Crippen LogP contribution is 2.19. The Balaban J connectivity index is 2.73. The Kier molecular flexibility index (Phi) is 3.95. The predicted molar refractivity (Wildman–Crippen MR) is 63.4 cm³/mol. The fourth-order valence-electron chi connectivity index (χ4n) is 1.11. The minimum absolute atomic E-state index is 0.155. The number of nitrogens with one attached hydrogen (secondary N) is 1. The fraction of sp³-hybridized carbons (Fsp3) is 0.583. The number of anilines is 1. The third-order valence-corrected chi connectivity index (χ3v) is 2.31. The molecule has 84 valence electrons. The lowest BCUT2D eigenvalue weighted by Gasteiger charge is -2.24. The van der Waals surface area contributed by atoms with Gasteiger partial charge in [-0.05, 0) is 33.3 Å². The number of ether oxygens (including phenoxy) is 1. The van der Waals surface area contributed by atoms with Crippen molar-refractivity contribution in [2.45, 2.75) is 39.7 Å².